The number of hydrogen-bond acceptors (Lipinski definition) is 5. The average Bonchev–Trinajstić information content (AvgIpc) is 3.12. The van der Waals surface area contributed by atoms with Gasteiger partial charge in [0.15, 0.2) is 0 Å². The van der Waals surface area contributed by atoms with Crippen LogP contribution in [0, 0.1) is 0 Å². The van der Waals surface area contributed by atoms with Crippen LogP contribution in [0.1, 0.15) is 31.6 Å². The highest BCUT2D eigenvalue weighted by Crippen LogP contribution is 2.31. The van der Waals surface area contributed by atoms with Crippen LogP contribution >= 0.6 is 11.3 Å². The maximum atomic E-state index is 5.76. The predicted octanol–water partition coefficient (Wildman–Crippen LogP) is 3.26. The molecule has 0 radical (unpaired) electrons. The van der Waals surface area contributed by atoms with Gasteiger partial charge in [0, 0.05) is 24.6 Å². The fourth-order valence-electron chi connectivity index (χ4n) is 2.72. The van der Waals surface area contributed by atoms with Gasteiger partial charge in [-0.15, -0.1) is 11.3 Å². The van der Waals surface area contributed by atoms with E-state index in [1.807, 2.05) is 0 Å². The smallest absolute Gasteiger partial charge is 0.140 e. The number of thiophene rings is 1. The molecule has 20 heavy (non-hydrogen) atoms. The largest absolute Gasteiger partial charge is 0.376 e. The maximum absolute atomic E-state index is 5.76. The number of anilines is 1. The first-order valence-corrected chi connectivity index (χ1v) is 8.23. The molecular formula is C15H21N3OS. The van der Waals surface area contributed by atoms with Crippen molar-refractivity contribution < 1.29 is 4.74 Å². The number of hydrogen-bond donors (Lipinski definition) is 0. The average molecular weight is 291 g/mol. The molecule has 2 aromatic heterocycles. The molecular weight excluding hydrogens is 270 g/mol. The molecule has 1 aliphatic heterocycles. The number of aryl methyl sites for hydroxylation is 1. The van der Waals surface area contributed by atoms with E-state index in [1.54, 1.807) is 17.7 Å². The Balaban J connectivity index is 1.91. The van der Waals surface area contributed by atoms with E-state index in [9.17, 15) is 0 Å². The molecule has 5 heteroatoms. The monoisotopic (exact) mass is 291 g/mol. The van der Waals surface area contributed by atoms with E-state index in [0.717, 1.165) is 43.2 Å². The summed E-state index contributed by atoms with van der Waals surface area (Å²) in [6, 6.07) is 2.24. The minimum absolute atomic E-state index is 0.351. The van der Waals surface area contributed by atoms with E-state index in [2.05, 4.69) is 34.8 Å². The Morgan fingerprint density at radius 2 is 2.30 bits per heavy atom. The Labute approximate surface area is 123 Å². The second-order valence-electron chi connectivity index (χ2n) is 5.16. The normalized spacial score (nSPS) is 18.8. The Morgan fingerprint density at radius 1 is 1.40 bits per heavy atom. The fourth-order valence-corrected chi connectivity index (χ4v) is 3.65. The highest BCUT2D eigenvalue weighted by Gasteiger charge is 2.21. The lowest BCUT2D eigenvalue weighted by Crippen LogP contribution is -2.32. The van der Waals surface area contributed by atoms with E-state index < -0.39 is 0 Å². The Bertz CT molecular complexity index is 578. The maximum Gasteiger partial charge on any atom is 0.140 e. The van der Waals surface area contributed by atoms with E-state index in [0.29, 0.717) is 6.10 Å². The summed E-state index contributed by atoms with van der Waals surface area (Å²) >= 11 is 1.77. The molecule has 0 amide bonds. The first kappa shape index (κ1) is 13.8. The van der Waals surface area contributed by atoms with Gasteiger partial charge in [-0.05, 0) is 32.3 Å². The zero-order valence-electron chi connectivity index (χ0n) is 12.1. The van der Waals surface area contributed by atoms with Crippen LogP contribution in [0.4, 0.5) is 5.82 Å². The Kier molecular flexibility index (Phi) is 4.17. The molecule has 4 nitrogen and oxygen atoms in total. The number of aromatic nitrogens is 2. The molecule has 3 rings (SSSR count). The summed E-state index contributed by atoms with van der Waals surface area (Å²) in [6.07, 6.45) is 5.43. The van der Waals surface area contributed by atoms with E-state index in [-0.39, 0.29) is 0 Å². The highest BCUT2D eigenvalue weighted by molar-refractivity contribution is 7.18. The van der Waals surface area contributed by atoms with Crippen molar-refractivity contribution in [2.24, 2.45) is 0 Å². The summed E-state index contributed by atoms with van der Waals surface area (Å²) in [6.45, 7) is 7.14. The molecule has 1 atom stereocenters. The molecule has 0 N–H and O–H groups in total. The van der Waals surface area contributed by atoms with Crippen LogP contribution in [0.25, 0.3) is 10.2 Å². The predicted molar refractivity (Wildman–Crippen MR) is 83.7 cm³/mol. The second-order valence-corrected chi connectivity index (χ2v) is 6.27. The zero-order chi connectivity index (χ0) is 13.9. The van der Waals surface area contributed by atoms with Gasteiger partial charge in [-0.25, -0.2) is 9.97 Å². The van der Waals surface area contributed by atoms with E-state index in [4.69, 9.17) is 4.74 Å². The summed E-state index contributed by atoms with van der Waals surface area (Å²) in [5, 5.41) is 1.19. The van der Waals surface area contributed by atoms with Crippen LogP contribution in [-0.2, 0) is 11.2 Å². The lowest BCUT2D eigenvalue weighted by atomic mass is 10.2. The van der Waals surface area contributed by atoms with Crippen molar-refractivity contribution in [2.45, 2.75) is 39.2 Å². The molecule has 1 aliphatic rings. The van der Waals surface area contributed by atoms with Gasteiger partial charge in [-0.1, -0.05) is 6.92 Å². The molecule has 108 valence electrons. The van der Waals surface area contributed by atoms with Crippen LogP contribution in [0.2, 0.25) is 0 Å². The molecule has 1 saturated heterocycles. The molecule has 2 aromatic rings. The minimum Gasteiger partial charge on any atom is -0.376 e. The number of nitrogens with zero attached hydrogens (tertiary/aromatic N) is 3. The van der Waals surface area contributed by atoms with Gasteiger partial charge < -0.3 is 9.64 Å². The summed E-state index contributed by atoms with van der Waals surface area (Å²) in [5.41, 5.74) is 0. The van der Waals surface area contributed by atoms with Crippen molar-refractivity contribution >= 4 is 27.4 Å². The SMILES string of the molecule is CCc1cc2c(N(CC)CC3CCCO3)ncnc2s1. The fraction of sp³-hybridized carbons (Fsp3) is 0.600. The standard InChI is InChI=1S/C15H21N3OS/c1-3-12-8-13-14(16-10-17-15(13)20-12)18(4-2)9-11-6-5-7-19-11/h8,10-11H,3-7,9H2,1-2H3. The van der Waals surface area contributed by atoms with E-state index >= 15 is 0 Å². The Hall–Kier alpha value is -1.20. The van der Waals surface area contributed by atoms with Gasteiger partial charge >= 0.3 is 0 Å². The molecule has 0 saturated carbocycles. The third-order valence-electron chi connectivity index (χ3n) is 3.84. The molecule has 0 aromatic carbocycles. The van der Waals surface area contributed by atoms with Crippen LogP contribution in [-0.4, -0.2) is 35.8 Å². The zero-order valence-corrected chi connectivity index (χ0v) is 12.9. The first-order valence-electron chi connectivity index (χ1n) is 7.41. The summed E-state index contributed by atoms with van der Waals surface area (Å²) < 4.78 is 5.76. The van der Waals surface area contributed by atoms with Crippen LogP contribution < -0.4 is 4.90 Å². The molecule has 0 aliphatic carbocycles. The van der Waals surface area contributed by atoms with Crippen molar-refractivity contribution in [2.75, 3.05) is 24.6 Å². The molecule has 1 fully saturated rings. The van der Waals surface area contributed by atoms with Crippen molar-refractivity contribution in [1.82, 2.24) is 9.97 Å². The quantitative estimate of drug-likeness (QED) is 0.847. The summed E-state index contributed by atoms with van der Waals surface area (Å²) in [4.78, 5) is 13.7. The molecule has 0 bridgehead atoms. The van der Waals surface area contributed by atoms with Gasteiger partial charge in [0.2, 0.25) is 0 Å². The van der Waals surface area contributed by atoms with E-state index in [1.165, 1.54) is 16.7 Å². The van der Waals surface area contributed by atoms with Crippen LogP contribution in [0.15, 0.2) is 12.4 Å². The van der Waals surface area contributed by atoms with Gasteiger partial charge in [-0.2, -0.15) is 0 Å². The summed E-state index contributed by atoms with van der Waals surface area (Å²) in [7, 11) is 0. The summed E-state index contributed by atoms with van der Waals surface area (Å²) in [5.74, 6) is 1.06. The van der Waals surface area contributed by atoms with Gasteiger partial charge in [0.1, 0.15) is 17.0 Å². The van der Waals surface area contributed by atoms with Gasteiger partial charge in [0.05, 0.1) is 11.5 Å². The topological polar surface area (TPSA) is 38.2 Å². The third kappa shape index (κ3) is 2.65. The van der Waals surface area contributed by atoms with Crippen LogP contribution in [0.3, 0.4) is 0 Å². The third-order valence-corrected chi connectivity index (χ3v) is 5.02. The van der Waals surface area contributed by atoms with Crippen molar-refractivity contribution in [1.29, 1.82) is 0 Å². The van der Waals surface area contributed by atoms with Crippen molar-refractivity contribution in [3.63, 3.8) is 0 Å². The number of rotatable bonds is 5. The lowest BCUT2D eigenvalue weighted by molar-refractivity contribution is 0.115. The highest BCUT2D eigenvalue weighted by atomic mass is 32.1. The lowest BCUT2D eigenvalue weighted by Gasteiger charge is -2.25. The van der Waals surface area contributed by atoms with Gasteiger partial charge in [-0.3, -0.25) is 0 Å². The van der Waals surface area contributed by atoms with Crippen LogP contribution in [0.5, 0.6) is 0 Å². The first-order chi connectivity index (χ1) is 9.81. The second kappa shape index (κ2) is 6.06. The Morgan fingerprint density at radius 3 is 3.00 bits per heavy atom. The van der Waals surface area contributed by atoms with Crippen molar-refractivity contribution in [3.8, 4) is 0 Å². The minimum atomic E-state index is 0.351. The molecule has 0 spiro atoms. The van der Waals surface area contributed by atoms with Crippen molar-refractivity contribution in [3.05, 3.63) is 17.3 Å². The molecule has 3 heterocycles. The molecule has 1 unspecified atom stereocenters. The van der Waals surface area contributed by atoms with Gasteiger partial charge in [0.25, 0.3) is 0 Å². The number of fused-ring (bicyclic) bond motifs is 1. The number of likely N-dealkylation sites (N-methyl/N-ethyl adjacent to an activating group) is 1. The number of ether oxygens (including phenoxy) is 1.